The van der Waals surface area contributed by atoms with E-state index in [1.807, 2.05) is 24.3 Å². The predicted octanol–water partition coefficient (Wildman–Crippen LogP) is 8.62. The summed E-state index contributed by atoms with van der Waals surface area (Å²) >= 11 is 0. The minimum atomic E-state index is -1.66. The molecule has 1 rings (SSSR count). The lowest BCUT2D eigenvalue weighted by Crippen LogP contribution is -2.40. The zero-order valence-corrected chi connectivity index (χ0v) is 27.9. The molecule has 0 saturated carbocycles. The number of unbranched alkanes of at least 4 members (excludes halogenated alkanes) is 1. The maximum Gasteiger partial charge on any atom is 0.191 e. The van der Waals surface area contributed by atoms with Crippen molar-refractivity contribution in [1.82, 2.24) is 0 Å². The summed E-state index contributed by atoms with van der Waals surface area (Å²) in [6.07, 6.45) is 4.76. The van der Waals surface area contributed by atoms with Crippen molar-refractivity contribution in [2.45, 2.75) is 117 Å². The Balaban J connectivity index is 2.51. The molecule has 0 bridgehead atoms. The fourth-order valence-corrected chi connectivity index (χ4v) is 6.89. The lowest BCUT2D eigenvalue weighted by molar-refractivity contribution is 0.0447. The highest BCUT2D eigenvalue weighted by molar-refractivity contribution is 6.81. The van der Waals surface area contributed by atoms with Crippen molar-refractivity contribution in [1.29, 1.82) is 0 Å². The number of benzene rings is 1. The Kier molecular flexibility index (Phi) is 14.4. The molecule has 214 valence electrons. The third-order valence-electron chi connectivity index (χ3n) is 7.75. The van der Waals surface area contributed by atoms with Gasteiger partial charge in [-0.25, -0.2) is 0 Å². The number of allylic oxidation sites excluding steroid dienone is 1. The van der Waals surface area contributed by atoms with Gasteiger partial charge in [0.1, 0.15) is 5.75 Å². The first-order chi connectivity index (χ1) is 17.1. The lowest BCUT2D eigenvalue weighted by atomic mass is 9.86. The van der Waals surface area contributed by atoms with E-state index in [9.17, 15) is 5.11 Å². The van der Waals surface area contributed by atoms with E-state index < -0.39 is 16.4 Å². The summed E-state index contributed by atoms with van der Waals surface area (Å²) in [4.78, 5) is 0. The van der Waals surface area contributed by atoms with Crippen LogP contribution >= 0.6 is 0 Å². The van der Waals surface area contributed by atoms with Gasteiger partial charge in [-0.1, -0.05) is 77.7 Å². The maximum atomic E-state index is 10.8. The number of hydrogen-bond donors (Lipinski definition) is 1. The van der Waals surface area contributed by atoms with E-state index in [0.29, 0.717) is 25.6 Å². The molecular weight excluding hydrogens is 493 g/mol. The Bertz CT molecular complexity index is 791. The number of methoxy groups -OCH3 is 1. The molecule has 1 N–H and O–H groups in total. The van der Waals surface area contributed by atoms with Gasteiger partial charge >= 0.3 is 0 Å². The van der Waals surface area contributed by atoms with Crippen LogP contribution in [0.2, 0.25) is 37.8 Å². The largest absolute Gasteiger partial charge is 0.497 e. The van der Waals surface area contributed by atoms with Crippen LogP contribution in [0.25, 0.3) is 0 Å². The number of aliphatic hydroxyl groups excluding tert-OH is 1. The highest BCUT2D eigenvalue weighted by Crippen LogP contribution is 2.36. The third-order valence-corrected chi connectivity index (χ3v) is 13.5. The first-order valence-electron chi connectivity index (χ1n) is 14.3. The summed E-state index contributed by atoms with van der Waals surface area (Å²) in [6.45, 7) is 25.4. The van der Waals surface area contributed by atoms with Gasteiger partial charge in [0.2, 0.25) is 0 Å². The third kappa shape index (κ3) is 13.6. The molecule has 0 radical (unpaired) electrons. The predicted molar refractivity (Wildman–Crippen MR) is 165 cm³/mol. The van der Waals surface area contributed by atoms with Crippen LogP contribution in [0.3, 0.4) is 0 Å². The number of aliphatic hydroxyl groups is 1. The van der Waals surface area contributed by atoms with E-state index in [-0.39, 0.29) is 17.1 Å². The van der Waals surface area contributed by atoms with Crippen molar-refractivity contribution in [2.75, 3.05) is 20.3 Å². The van der Waals surface area contributed by atoms with E-state index in [4.69, 9.17) is 13.9 Å². The number of ether oxygens (including phenoxy) is 2. The lowest BCUT2D eigenvalue weighted by Gasteiger charge is -2.36. The molecule has 0 aromatic heterocycles. The van der Waals surface area contributed by atoms with Crippen LogP contribution in [-0.4, -0.2) is 47.9 Å². The van der Waals surface area contributed by atoms with E-state index in [1.54, 1.807) is 12.7 Å². The van der Waals surface area contributed by atoms with E-state index in [0.717, 1.165) is 37.2 Å². The minimum absolute atomic E-state index is 0.242. The molecule has 4 nitrogen and oxygen atoms in total. The van der Waals surface area contributed by atoms with Gasteiger partial charge in [0.15, 0.2) is 8.32 Å². The highest BCUT2D eigenvalue weighted by atomic mass is 28.4. The second-order valence-electron chi connectivity index (χ2n) is 13.5. The van der Waals surface area contributed by atoms with Crippen LogP contribution in [0, 0.1) is 11.8 Å². The van der Waals surface area contributed by atoms with Crippen molar-refractivity contribution in [2.24, 2.45) is 11.8 Å². The summed E-state index contributed by atoms with van der Waals surface area (Å²) in [5.74, 6) is 1.58. The molecule has 0 heterocycles. The summed E-state index contributed by atoms with van der Waals surface area (Å²) < 4.78 is 17.4. The molecular formula is C31H58O4Si2. The summed E-state index contributed by atoms with van der Waals surface area (Å²) in [7, 11) is -1.32. The number of hydrogen-bond acceptors (Lipinski definition) is 4. The molecule has 37 heavy (non-hydrogen) atoms. The Hall–Kier alpha value is -0.926. The van der Waals surface area contributed by atoms with Crippen molar-refractivity contribution in [3.8, 4) is 5.75 Å². The van der Waals surface area contributed by atoms with Crippen molar-refractivity contribution in [3.05, 3.63) is 41.1 Å². The molecule has 0 amide bonds. The van der Waals surface area contributed by atoms with Crippen LogP contribution in [0.15, 0.2) is 35.5 Å². The van der Waals surface area contributed by atoms with Crippen molar-refractivity contribution < 1.29 is 19.0 Å². The monoisotopic (exact) mass is 550 g/mol. The highest BCUT2D eigenvalue weighted by Gasteiger charge is 2.36. The molecule has 1 aromatic carbocycles. The Morgan fingerprint density at radius 1 is 0.973 bits per heavy atom. The van der Waals surface area contributed by atoms with E-state index in [1.165, 1.54) is 6.42 Å². The van der Waals surface area contributed by atoms with Gasteiger partial charge in [-0.15, -0.1) is 0 Å². The van der Waals surface area contributed by atoms with Crippen LogP contribution in [-0.2, 0) is 15.8 Å². The molecule has 0 unspecified atom stereocenters. The first kappa shape index (κ1) is 34.1. The molecule has 1 aromatic rings. The minimum Gasteiger partial charge on any atom is -0.497 e. The fourth-order valence-electron chi connectivity index (χ4n) is 4.26. The molecule has 0 aliphatic heterocycles. The topological polar surface area (TPSA) is 47.9 Å². The van der Waals surface area contributed by atoms with Gasteiger partial charge in [-0.3, -0.25) is 0 Å². The van der Waals surface area contributed by atoms with Gasteiger partial charge in [0.05, 0.1) is 27.9 Å². The standard InChI is InChI=1S/C31H58O4Si2/c1-25(22-26(2)30(32)19-21-34-23-27-15-17-29(33-6)18-16-27)28(24-36(7,8)9)14-12-13-20-35-37(10,11)31(3,4)5/h15-18,24-26,30,32H,12-14,19-23H2,1-11H3/b28-24+/t25-,26-,30+/m1/s1. The molecule has 3 atom stereocenters. The normalized spacial score (nSPS) is 15.9. The second-order valence-corrected chi connectivity index (χ2v) is 23.4. The zero-order valence-electron chi connectivity index (χ0n) is 25.9. The van der Waals surface area contributed by atoms with Crippen LogP contribution in [0.5, 0.6) is 5.75 Å². The van der Waals surface area contributed by atoms with E-state index >= 15 is 0 Å². The van der Waals surface area contributed by atoms with Gasteiger partial charge < -0.3 is 19.0 Å². The summed E-state index contributed by atoms with van der Waals surface area (Å²) in [6, 6.07) is 7.94. The average molecular weight is 551 g/mol. The Morgan fingerprint density at radius 2 is 1.59 bits per heavy atom. The Labute approximate surface area is 231 Å². The van der Waals surface area contributed by atoms with Gasteiger partial charge in [0.25, 0.3) is 0 Å². The molecule has 0 spiro atoms. The van der Waals surface area contributed by atoms with Gasteiger partial charge in [-0.2, -0.15) is 0 Å². The van der Waals surface area contributed by atoms with E-state index in [2.05, 4.69) is 73.1 Å². The Morgan fingerprint density at radius 3 is 2.14 bits per heavy atom. The second kappa shape index (κ2) is 15.6. The van der Waals surface area contributed by atoms with Crippen LogP contribution < -0.4 is 4.74 Å². The molecule has 0 fully saturated rings. The number of rotatable bonds is 17. The van der Waals surface area contributed by atoms with Crippen molar-refractivity contribution >= 4 is 16.4 Å². The SMILES string of the molecule is COc1ccc(COCC[C@H](O)[C@H](C)C[C@@H](C)/C(=C/[Si](C)(C)C)CCCCO[Si](C)(C)C(C)(C)C)cc1. The van der Waals surface area contributed by atoms with Gasteiger partial charge in [-0.05, 0) is 79.8 Å². The molecule has 0 aliphatic carbocycles. The quantitative estimate of drug-likeness (QED) is 0.156. The molecule has 0 saturated heterocycles. The summed E-state index contributed by atoms with van der Waals surface area (Å²) in [5, 5.41) is 11.1. The zero-order chi connectivity index (χ0) is 28.3. The maximum absolute atomic E-state index is 10.8. The first-order valence-corrected chi connectivity index (χ1v) is 20.8. The average Bonchev–Trinajstić information content (AvgIpc) is 2.79. The van der Waals surface area contributed by atoms with Gasteiger partial charge in [0, 0.05) is 13.2 Å². The molecule has 0 aliphatic rings. The molecule has 6 heteroatoms. The van der Waals surface area contributed by atoms with Crippen LogP contribution in [0.4, 0.5) is 0 Å². The van der Waals surface area contributed by atoms with Crippen LogP contribution in [0.1, 0.15) is 72.3 Å². The van der Waals surface area contributed by atoms with Crippen molar-refractivity contribution in [3.63, 3.8) is 0 Å². The fraction of sp³-hybridized carbons (Fsp3) is 0.742. The smallest absolute Gasteiger partial charge is 0.191 e. The summed E-state index contributed by atoms with van der Waals surface area (Å²) in [5.41, 5.74) is 5.30.